The highest BCUT2D eigenvalue weighted by atomic mass is 16.5. The Morgan fingerprint density at radius 1 is 1.18 bits per heavy atom. The van der Waals surface area contributed by atoms with Gasteiger partial charge in [-0.1, -0.05) is 37.6 Å². The highest BCUT2D eigenvalue weighted by Gasteiger charge is 2.09. The van der Waals surface area contributed by atoms with Gasteiger partial charge in [0.2, 0.25) is 0 Å². The first kappa shape index (κ1) is 14.4. The van der Waals surface area contributed by atoms with Crippen molar-refractivity contribution in [3.8, 4) is 5.75 Å². The standard InChI is InChI=1S/C19H20N2O/c1-3-4-5-6-7-10-15-17-12-9-14-21(17)19-16(20-15)11-8-13-18(19)22-2/h5-14H,3-4H2,1-2H3/b6-5+,10-7+. The minimum absolute atomic E-state index is 0.838. The molecule has 3 nitrogen and oxygen atoms in total. The van der Waals surface area contributed by atoms with Crippen molar-refractivity contribution < 1.29 is 4.74 Å². The van der Waals surface area contributed by atoms with Gasteiger partial charge < -0.3 is 9.14 Å². The van der Waals surface area contributed by atoms with Crippen LogP contribution >= 0.6 is 0 Å². The van der Waals surface area contributed by atoms with Gasteiger partial charge in [0.05, 0.1) is 23.8 Å². The Kier molecular flexibility index (Phi) is 4.24. The van der Waals surface area contributed by atoms with E-state index in [1.807, 2.05) is 30.5 Å². The molecule has 1 aromatic carbocycles. The number of methoxy groups -OCH3 is 1. The molecule has 0 spiro atoms. The third-order valence-corrected chi connectivity index (χ3v) is 3.65. The highest BCUT2D eigenvalue weighted by molar-refractivity contribution is 5.87. The fraction of sp³-hybridized carbons (Fsp3) is 0.211. The Morgan fingerprint density at radius 2 is 2.09 bits per heavy atom. The van der Waals surface area contributed by atoms with E-state index in [1.54, 1.807) is 7.11 Å². The SMILES string of the molecule is CCC/C=C/C=C/c1nc2cccc(OC)c2n2cccc12. The van der Waals surface area contributed by atoms with E-state index in [2.05, 4.69) is 41.7 Å². The molecule has 0 amide bonds. The van der Waals surface area contributed by atoms with Crippen LogP contribution in [-0.4, -0.2) is 16.5 Å². The average Bonchev–Trinajstić information content (AvgIpc) is 3.03. The Labute approximate surface area is 130 Å². The van der Waals surface area contributed by atoms with Crippen LogP contribution in [-0.2, 0) is 0 Å². The van der Waals surface area contributed by atoms with Crippen LogP contribution in [0.15, 0.2) is 54.8 Å². The van der Waals surface area contributed by atoms with Crippen molar-refractivity contribution in [3.05, 3.63) is 60.5 Å². The lowest BCUT2D eigenvalue weighted by Crippen LogP contribution is -1.96. The first-order valence-corrected chi connectivity index (χ1v) is 7.62. The summed E-state index contributed by atoms with van der Waals surface area (Å²) in [4.78, 5) is 4.78. The molecule has 2 aromatic heterocycles. The molecule has 0 N–H and O–H groups in total. The smallest absolute Gasteiger partial charge is 0.145 e. The predicted octanol–water partition coefficient (Wildman–Crippen LogP) is 4.87. The zero-order chi connectivity index (χ0) is 15.4. The molecular formula is C19H20N2O. The lowest BCUT2D eigenvalue weighted by atomic mass is 10.2. The molecule has 3 aromatic rings. The summed E-state index contributed by atoms with van der Waals surface area (Å²) in [6.07, 6.45) is 12.7. The van der Waals surface area contributed by atoms with Gasteiger partial charge in [0.25, 0.3) is 0 Å². The number of allylic oxidation sites excluding steroid dienone is 3. The minimum atomic E-state index is 0.838. The van der Waals surface area contributed by atoms with Gasteiger partial charge in [0.1, 0.15) is 11.3 Å². The molecule has 0 aliphatic heterocycles. The van der Waals surface area contributed by atoms with Gasteiger partial charge in [-0.05, 0) is 36.8 Å². The highest BCUT2D eigenvalue weighted by Crippen LogP contribution is 2.27. The molecule has 0 atom stereocenters. The van der Waals surface area contributed by atoms with Crippen molar-refractivity contribution in [1.29, 1.82) is 0 Å². The number of hydrogen-bond donors (Lipinski definition) is 0. The van der Waals surface area contributed by atoms with Crippen LogP contribution in [0.3, 0.4) is 0 Å². The van der Waals surface area contributed by atoms with E-state index in [0.717, 1.165) is 34.4 Å². The summed E-state index contributed by atoms with van der Waals surface area (Å²) in [5.74, 6) is 0.838. The monoisotopic (exact) mass is 292 g/mol. The normalized spacial score (nSPS) is 12.1. The quantitative estimate of drug-likeness (QED) is 0.627. The van der Waals surface area contributed by atoms with Crippen molar-refractivity contribution in [2.24, 2.45) is 0 Å². The van der Waals surface area contributed by atoms with Crippen molar-refractivity contribution >= 4 is 22.6 Å². The Hall–Kier alpha value is -2.55. The third-order valence-electron chi connectivity index (χ3n) is 3.65. The van der Waals surface area contributed by atoms with E-state index in [4.69, 9.17) is 9.72 Å². The van der Waals surface area contributed by atoms with E-state index in [0.29, 0.717) is 0 Å². The van der Waals surface area contributed by atoms with E-state index >= 15 is 0 Å². The number of hydrogen-bond acceptors (Lipinski definition) is 2. The number of rotatable bonds is 5. The van der Waals surface area contributed by atoms with Crippen molar-refractivity contribution in [3.63, 3.8) is 0 Å². The van der Waals surface area contributed by atoms with Gasteiger partial charge in [-0.15, -0.1) is 0 Å². The summed E-state index contributed by atoms with van der Waals surface area (Å²) in [7, 11) is 1.69. The fourth-order valence-corrected chi connectivity index (χ4v) is 2.59. The van der Waals surface area contributed by atoms with Gasteiger partial charge >= 0.3 is 0 Å². The third kappa shape index (κ3) is 2.62. The second-order valence-corrected chi connectivity index (χ2v) is 5.16. The van der Waals surface area contributed by atoms with Crippen molar-refractivity contribution in [1.82, 2.24) is 9.38 Å². The summed E-state index contributed by atoms with van der Waals surface area (Å²) in [5.41, 5.74) is 3.98. The zero-order valence-corrected chi connectivity index (χ0v) is 13.0. The van der Waals surface area contributed by atoms with Crippen LogP contribution in [0.1, 0.15) is 25.5 Å². The van der Waals surface area contributed by atoms with Crippen LogP contribution in [0.4, 0.5) is 0 Å². The summed E-state index contributed by atoms with van der Waals surface area (Å²) < 4.78 is 7.62. The van der Waals surface area contributed by atoms with Gasteiger partial charge in [-0.25, -0.2) is 4.98 Å². The molecule has 0 saturated heterocycles. The van der Waals surface area contributed by atoms with Crippen LogP contribution < -0.4 is 4.74 Å². The number of unbranched alkanes of at least 4 members (excludes halogenated alkanes) is 1. The zero-order valence-electron chi connectivity index (χ0n) is 13.0. The Bertz CT molecular complexity index is 843. The molecule has 0 saturated carbocycles. The summed E-state index contributed by atoms with van der Waals surface area (Å²) in [6.45, 7) is 2.18. The van der Waals surface area contributed by atoms with E-state index in [-0.39, 0.29) is 0 Å². The molecule has 112 valence electrons. The number of para-hydroxylation sites is 1. The van der Waals surface area contributed by atoms with Crippen molar-refractivity contribution in [2.75, 3.05) is 7.11 Å². The van der Waals surface area contributed by atoms with Gasteiger partial charge in [0.15, 0.2) is 0 Å². The topological polar surface area (TPSA) is 26.5 Å². The lowest BCUT2D eigenvalue weighted by Gasteiger charge is -2.09. The van der Waals surface area contributed by atoms with Gasteiger partial charge in [-0.3, -0.25) is 0 Å². The molecule has 2 heterocycles. The minimum Gasteiger partial charge on any atom is -0.494 e. The molecule has 0 unspecified atom stereocenters. The largest absolute Gasteiger partial charge is 0.494 e. The van der Waals surface area contributed by atoms with Crippen LogP contribution in [0.5, 0.6) is 5.75 Å². The molecule has 0 aliphatic carbocycles. The second kappa shape index (κ2) is 6.48. The summed E-state index contributed by atoms with van der Waals surface area (Å²) in [6, 6.07) is 10.1. The number of aromatic nitrogens is 2. The number of fused-ring (bicyclic) bond motifs is 3. The summed E-state index contributed by atoms with van der Waals surface area (Å²) >= 11 is 0. The van der Waals surface area contributed by atoms with Crippen LogP contribution in [0.25, 0.3) is 22.6 Å². The van der Waals surface area contributed by atoms with Gasteiger partial charge in [-0.2, -0.15) is 0 Å². The maximum Gasteiger partial charge on any atom is 0.145 e. The maximum atomic E-state index is 5.48. The number of ether oxygens (including phenoxy) is 1. The summed E-state index contributed by atoms with van der Waals surface area (Å²) in [5, 5.41) is 0. The van der Waals surface area contributed by atoms with E-state index in [1.165, 1.54) is 6.42 Å². The maximum absolute atomic E-state index is 5.48. The molecule has 0 aliphatic rings. The van der Waals surface area contributed by atoms with Crippen molar-refractivity contribution in [2.45, 2.75) is 19.8 Å². The molecule has 0 fully saturated rings. The molecule has 22 heavy (non-hydrogen) atoms. The fourth-order valence-electron chi connectivity index (χ4n) is 2.59. The van der Waals surface area contributed by atoms with Gasteiger partial charge in [0, 0.05) is 6.20 Å². The first-order chi connectivity index (χ1) is 10.8. The Morgan fingerprint density at radius 3 is 2.91 bits per heavy atom. The van der Waals surface area contributed by atoms with Crippen LogP contribution in [0, 0.1) is 0 Å². The van der Waals surface area contributed by atoms with E-state index in [9.17, 15) is 0 Å². The average molecular weight is 292 g/mol. The second-order valence-electron chi connectivity index (χ2n) is 5.16. The molecule has 0 bridgehead atoms. The van der Waals surface area contributed by atoms with Crippen LogP contribution in [0.2, 0.25) is 0 Å². The molecule has 0 radical (unpaired) electrons. The Balaban J connectivity index is 2.13. The lowest BCUT2D eigenvalue weighted by molar-refractivity contribution is 0.418. The number of benzene rings is 1. The molecule has 3 rings (SSSR count). The predicted molar refractivity (Wildman–Crippen MR) is 92.3 cm³/mol. The number of nitrogens with zero attached hydrogens (tertiary/aromatic N) is 2. The molecule has 3 heteroatoms. The molecular weight excluding hydrogens is 272 g/mol. The first-order valence-electron chi connectivity index (χ1n) is 7.62. The van der Waals surface area contributed by atoms with E-state index < -0.39 is 0 Å².